The van der Waals surface area contributed by atoms with Crippen LogP contribution in [0, 0.1) is 13.8 Å². The van der Waals surface area contributed by atoms with E-state index in [1.165, 1.54) is 16.4 Å². The van der Waals surface area contributed by atoms with Crippen molar-refractivity contribution in [1.29, 1.82) is 0 Å². The van der Waals surface area contributed by atoms with Crippen LogP contribution in [0.5, 0.6) is 5.75 Å². The van der Waals surface area contributed by atoms with E-state index in [2.05, 4.69) is 77.2 Å². The Morgan fingerprint density at radius 3 is 2.35 bits per heavy atom. The van der Waals surface area contributed by atoms with Gasteiger partial charge < -0.3 is 10.4 Å². The molecule has 26 heavy (non-hydrogen) atoms. The van der Waals surface area contributed by atoms with Gasteiger partial charge >= 0.3 is 0 Å². The molecule has 0 amide bonds. The van der Waals surface area contributed by atoms with Crippen molar-refractivity contribution >= 4 is 13.9 Å². The Bertz CT molecular complexity index is 763. The van der Waals surface area contributed by atoms with Crippen LogP contribution in [0.15, 0.2) is 36.4 Å². The van der Waals surface area contributed by atoms with E-state index in [1.807, 2.05) is 13.0 Å². The van der Waals surface area contributed by atoms with Gasteiger partial charge in [0, 0.05) is 22.8 Å². The number of para-hydroxylation sites is 1. The number of hydrogen-bond donors (Lipinski definition) is 2. The van der Waals surface area contributed by atoms with E-state index < -0.39 is 0 Å². The van der Waals surface area contributed by atoms with E-state index in [0.717, 1.165) is 24.1 Å². The zero-order valence-corrected chi connectivity index (χ0v) is 18.3. The zero-order chi connectivity index (χ0) is 19.5. The lowest BCUT2D eigenvalue weighted by molar-refractivity contribution is 0.425. The molecule has 2 unspecified atom stereocenters. The van der Waals surface area contributed by atoms with Crippen molar-refractivity contribution < 1.29 is 5.11 Å². The predicted molar refractivity (Wildman–Crippen MR) is 116 cm³/mol. The summed E-state index contributed by atoms with van der Waals surface area (Å²) >= 11 is 0. The van der Waals surface area contributed by atoms with E-state index in [1.54, 1.807) is 0 Å². The summed E-state index contributed by atoms with van der Waals surface area (Å²) in [4.78, 5) is 0. The van der Waals surface area contributed by atoms with Crippen molar-refractivity contribution in [2.45, 2.75) is 72.1 Å². The summed E-state index contributed by atoms with van der Waals surface area (Å²) in [5.41, 5.74) is 4.76. The first-order valence-corrected chi connectivity index (χ1v) is 10.5. The standard InChI is InChI=1S/C23H34NOP/c1-8-23(7,19-11-9-10-17(3)21(19)25)26-20-13-12-16(2)14-18(20)15-24-22(4,5)6/h9-14,24-26H,8,15H2,1-7H3. The molecule has 0 aliphatic carbocycles. The maximum atomic E-state index is 10.7. The van der Waals surface area contributed by atoms with Gasteiger partial charge in [0.2, 0.25) is 0 Å². The molecule has 3 heteroatoms. The summed E-state index contributed by atoms with van der Waals surface area (Å²) in [6, 6.07) is 12.9. The molecule has 0 aromatic heterocycles. The van der Waals surface area contributed by atoms with E-state index in [9.17, 15) is 5.11 Å². The summed E-state index contributed by atoms with van der Waals surface area (Å²) < 4.78 is 0. The fraction of sp³-hybridized carbons (Fsp3) is 0.478. The minimum absolute atomic E-state index is 0.0676. The molecule has 2 N–H and O–H groups in total. The monoisotopic (exact) mass is 371 g/mol. The second-order valence-electron chi connectivity index (χ2n) is 8.55. The molecule has 142 valence electrons. The van der Waals surface area contributed by atoms with Crippen molar-refractivity contribution in [3.05, 3.63) is 58.7 Å². The van der Waals surface area contributed by atoms with Gasteiger partial charge in [0.25, 0.3) is 0 Å². The second kappa shape index (κ2) is 8.11. The summed E-state index contributed by atoms with van der Waals surface area (Å²) in [5.74, 6) is 0.450. The van der Waals surface area contributed by atoms with Gasteiger partial charge in [-0.25, -0.2) is 0 Å². The number of aromatic hydroxyl groups is 1. The average Bonchev–Trinajstić information content (AvgIpc) is 2.56. The number of benzene rings is 2. The smallest absolute Gasteiger partial charge is 0.122 e. The number of nitrogens with one attached hydrogen (secondary N) is 1. The minimum Gasteiger partial charge on any atom is -0.507 e. The molecule has 0 spiro atoms. The fourth-order valence-corrected chi connectivity index (χ4v) is 4.69. The van der Waals surface area contributed by atoms with Gasteiger partial charge in [-0.3, -0.25) is 0 Å². The van der Waals surface area contributed by atoms with E-state index in [4.69, 9.17) is 0 Å². The van der Waals surface area contributed by atoms with Crippen LogP contribution >= 0.6 is 8.58 Å². The quantitative estimate of drug-likeness (QED) is 0.655. The van der Waals surface area contributed by atoms with Crippen LogP contribution < -0.4 is 10.6 Å². The van der Waals surface area contributed by atoms with Gasteiger partial charge in [0.15, 0.2) is 0 Å². The molecule has 0 bridgehead atoms. The van der Waals surface area contributed by atoms with Crippen LogP contribution in [0.3, 0.4) is 0 Å². The van der Waals surface area contributed by atoms with Crippen LogP contribution in [-0.2, 0) is 11.7 Å². The van der Waals surface area contributed by atoms with E-state index in [0.29, 0.717) is 14.3 Å². The highest BCUT2D eigenvalue weighted by Gasteiger charge is 2.29. The second-order valence-corrected chi connectivity index (χ2v) is 10.4. The van der Waals surface area contributed by atoms with Gasteiger partial charge in [0.05, 0.1) is 0 Å². The number of phenolic OH excluding ortho intramolecular Hbond substituents is 1. The number of phenols is 1. The maximum Gasteiger partial charge on any atom is 0.122 e. The van der Waals surface area contributed by atoms with E-state index >= 15 is 0 Å². The van der Waals surface area contributed by atoms with Crippen LogP contribution in [0.4, 0.5) is 0 Å². The highest BCUT2D eigenvalue weighted by atomic mass is 31.1. The van der Waals surface area contributed by atoms with Crippen molar-refractivity contribution in [2.24, 2.45) is 0 Å². The molecule has 0 radical (unpaired) electrons. The summed E-state index contributed by atoms with van der Waals surface area (Å²) in [5, 5.41) is 15.6. The van der Waals surface area contributed by atoms with Crippen molar-refractivity contribution in [3.63, 3.8) is 0 Å². The van der Waals surface area contributed by atoms with Gasteiger partial charge in [0.1, 0.15) is 5.75 Å². The SMILES string of the molecule is CCC(C)(Pc1ccc(C)cc1CNC(C)(C)C)c1cccc(C)c1O. The normalized spacial score (nSPS) is 14.7. The first-order valence-electron chi connectivity index (χ1n) is 9.47. The molecular weight excluding hydrogens is 337 g/mol. The molecule has 2 aromatic rings. The number of aryl methyl sites for hydroxylation is 2. The topological polar surface area (TPSA) is 32.3 Å². The molecule has 0 saturated heterocycles. The zero-order valence-electron chi connectivity index (χ0n) is 17.3. The Labute approximate surface area is 161 Å². The Hall–Kier alpha value is -1.37. The molecular formula is C23H34NOP. The average molecular weight is 372 g/mol. The Morgan fingerprint density at radius 2 is 1.73 bits per heavy atom. The molecule has 2 nitrogen and oxygen atoms in total. The van der Waals surface area contributed by atoms with Gasteiger partial charge in [-0.15, -0.1) is 0 Å². The molecule has 2 rings (SSSR count). The highest BCUT2D eigenvalue weighted by Crippen LogP contribution is 2.48. The minimum atomic E-state index is -0.0676. The van der Waals surface area contributed by atoms with Crippen LogP contribution in [0.25, 0.3) is 0 Å². The molecule has 2 aromatic carbocycles. The lowest BCUT2D eigenvalue weighted by atomic mass is 9.94. The summed E-state index contributed by atoms with van der Waals surface area (Å²) in [6.45, 7) is 16.1. The Morgan fingerprint density at radius 1 is 1.04 bits per heavy atom. The maximum absolute atomic E-state index is 10.7. The van der Waals surface area contributed by atoms with Crippen molar-refractivity contribution in [2.75, 3.05) is 0 Å². The molecule has 0 fully saturated rings. The van der Waals surface area contributed by atoms with Gasteiger partial charge in [-0.05, 0) is 57.5 Å². The lowest BCUT2D eigenvalue weighted by Crippen LogP contribution is -2.36. The van der Waals surface area contributed by atoms with Crippen LogP contribution in [0.1, 0.15) is 63.3 Å². The van der Waals surface area contributed by atoms with Gasteiger partial charge in [-0.2, -0.15) is 0 Å². The van der Waals surface area contributed by atoms with Crippen molar-refractivity contribution in [1.82, 2.24) is 5.32 Å². The highest BCUT2D eigenvalue weighted by molar-refractivity contribution is 7.48. The third-order valence-corrected chi connectivity index (χ3v) is 6.95. The Kier molecular flexibility index (Phi) is 6.53. The van der Waals surface area contributed by atoms with Crippen molar-refractivity contribution in [3.8, 4) is 5.75 Å². The molecule has 0 heterocycles. The third kappa shape index (κ3) is 5.09. The van der Waals surface area contributed by atoms with Crippen LogP contribution in [0.2, 0.25) is 0 Å². The largest absolute Gasteiger partial charge is 0.507 e. The predicted octanol–water partition coefficient (Wildman–Crippen LogP) is 5.53. The number of hydrogen-bond acceptors (Lipinski definition) is 2. The van der Waals surface area contributed by atoms with Crippen LogP contribution in [-0.4, -0.2) is 10.6 Å². The molecule has 2 atom stereocenters. The first-order chi connectivity index (χ1) is 12.1. The van der Waals surface area contributed by atoms with E-state index in [-0.39, 0.29) is 10.7 Å². The Balaban J connectivity index is 2.39. The summed E-state index contributed by atoms with van der Waals surface area (Å²) in [7, 11) is 0.607. The third-order valence-electron chi connectivity index (χ3n) is 5.02. The molecule has 0 aliphatic rings. The molecule has 0 saturated carbocycles. The number of rotatable bonds is 6. The van der Waals surface area contributed by atoms with Gasteiger partial charge in [-0.1, -0.05) is 64.4 Å². The first kappa shape index (κ1) is 20.9. The fourth-order valence-electron chi connectivity index (χ4n) is 3.10. The summed E-state index contributed by atoms with van der Waals surface area (Å²) in [6.07, 6.45) is 0.989. The lowest BCUT2D eigenvalue weighted by Gasteiger charge is -2.32. The molecule has 0 aliphatic heterocycles.